The number of nitrogens with zero attached hydrogens (tertiary/aromatic N) is 2. The van der Waals surface area contributed by atoms with Gasteiger partial charge in [-0.25, -0.2) is 0 Å². The number of benzene rings is 2. The molecule has 1 saturated heterocycles. The summed E-state index contributed by atoms with van der Waals surface area (Å²) in [5.41, 5.74) is 2.09. The molecular weight excluding hydrogens is 472 g/mol. The van der Waals surface area contributed by atoms with Crippen LogP contribution in [0.15, 0.2) is 47.3 Å². The van der Waals surface area contributed by atoms with Crippen molar-refractivity contribution in [3.8, 4) is 17.2 Å². The van der Waals surface area contributed by atoms with Gasteiger partial charge in [-0.15, -0.1) is 0 Å². The Balaban J connectivity index is 1.19. The molecule has 1 amide bonds. The monoisotopic (exact) mass is 506 g/mol. The van der Waals surface area contributed by atoms with Gasteiger partial charge in [0.25, 0.3) is 11.5 Å². The zero-order valence-electron chi connectivity index (χ0n) is 21.4. The highest BCUT2D eigenvalue weighted by molar-refractivity contribution is 6.06. The molecule has 0 unspecified atom stereocenters. The van der Waals surface area contributed by atoms with Gasteiger partial charge in [0.2, 0.25) is 0 Å². The van der Waals surface area contributed by atoms with Gasteiger partial charge >= 0.3 is 0 Å². The number of rotatable bonds is 8. The largest absolute Gasteiger partial charge is 0.497 e. The molecule has 0 atom stereocenters. The summed E-state index contributed by atoms with van der Waals surface area (Å²) in [6.07, 6.45) is 2.09. The minimum absolute atomic E-state index is 0.185. The Hall–Kier alpha value is -3.56. The first-order valence-corrected chi connectivity index (χ1v) is 12.8. The zero-order valence-corrected chi connectivity index (χ0v) is 21.4. The lowest BCUT2D eigenvalue weighted by molar-refractivity contribution is 0.0964. The van der Waals surface area contributed by atoms with Gasteiger partial charge in [-0.1, -0.05) is 6.07 Å². The number of nitrogens with one attached hydrogen (secondary N) is 2. The van der Waals surface area contributed by atoms with Crippen LogP contribution in [0.1, 0.15) is 28.8 Å². The summed E-state index contributed by atoms with van der Waals surface area (Å²) in [4.78, 5) is 27.8. The number of carbonyl (C=O) groups excluding carboxylic acids is 1. The van der Waals surface area contributed by atoms with Crippen LogP contribution in [0.3, 0.4) is 0 Å². The third kappa shape index (κ3) is 5.57. The molecular formula is C28H34N4O5. The van der Waals surface area contributed by atoms with E-state index in [0.29, 0.717) is 42.6 Å². The quantitative estimate of drug-likeness (QED) is 0.485. The Morgan fingerprint density at radius 2 is 1.81 bits per heavy atom. The van der Waals surface area contributed by atoms with Crippen molar-refractivity contribution in [3.63, 3.8) is 0 Å². The fraction of sp³-hybridized carbons (Fsp3) is 0.429. The highest BCUT2D eigenvalue weighted by Crippen LogP contribution is 2.31. The van der Waals surface area contributed by atoms with Crippen LogP contribution in [0.4, 0.5) is 0 Å². The van der Waals surface area contributed by atoms with E-state index in [1.54, 1.807) is 18.7 Å². The van der Waals surface area contributed by atoms with Gasteiger partial charge in [-0.2, -0.15) is 0 Å². The van der Waals surface area contributed by atoms with E-state index in [9.17, 15) is 9.59 Å². The third-order valence-electron chi connectivity index (χ3n) is 7.22. The topological polar surface area (TPSA) is 94.1 Å². The summed E-state index contributed by atoms with van der Waals surface area (Å²) in [5.74, 6) is 2.02. The van der Waals surface area contributed by atoms with Crippen molar-refractivity contribution in [2.45, 2.75) is 32.0 Å². The van der Waals surface area contributed by atoms with E-state index in [1.165, 1.54) is 11.6 Å². The molecule has 0 radical (unpaired) electrons. The van der Waals surface area contributed by atoms with Crippen molar-refractivity contribution < 1.29 is 19.0 Å². The van der Waals surface area contributed by atoms with Gasteiger partial charge in [-0.05, 0) is 55.8 Å². The lowest BCUT2D eigenvalue weighted by Gasteiger charge is -2.32. The van der Waals surface area contributed by atoms with Crippen LogP contribution < -0.4 is 30.4 Å². The van der Waals surface area contributed by atoms with Crippen LogP contribution in [0, 0.1) is 0 Å². The van der Waals surface area contributed by atoms with E-state index in [2.05, 4.69) is 27.7 Å². The van der Waals surface area contributed by atoms with Crippen molar-refractivity contribution in [1.82, 2.24) is 20.1 Å². The van der Waals surface area contributed by atoms with Crippen LogP contribution in [-0.2, 0) is 13.1 Å². The minimum Gasteiger partial charge on any atom is -0.497 e. The molecule has 3 heterocycles. The summed E-state index contributed by atoms with van der Waals surface area (Å²) >= 11 is 0. The molecule has 9 heteroatoms. The number of piperidine rings is 1. The van der Waals surface area contributed by atoms with Gasteiger partial charge in [-0.3, -0.25) is 9.59 Å². The maximum absolute atomic E-state index is 13.0. The van der Waals surface area contributed by atoms with Crippen LogP contribution in [0.2, 0.25) is 0 Å². The number of fused-ring (bicyclic) bond motifs is 2. The summed E-state index contributed by atoms with van der Waals surface area (Å²) in [5, 5.41) is 7.04. The molecule has 2 aliphatic heterocycles. The molecule has 0 spiro atoms. The number of hydrogen-bond donors (Lipinski definition) is 2. The van der Waals surface area contributed by atoms with Crippen molar-refractivity contribution in [1.29, 1.82) is 0 Å². The Labute approximate surface area is 216 Å². The van der Waals surface area contributed by atoms with E-state index in [4.69, 9.17) is 14.2 Å². The smallest absolute Gasteiger partial charge is 0.251 e. The molecule has 196 valence electrons. The first kappa shape index (κ1) is 25.1. The molecule has 37 heavy (non-hydrogen) atoms. The molecule has 9 nitrogen and oxygen atoms in total. The Morgan fingerprint density at radius 3 is 2.57 bits per heavy atom. The van der Waals surface area contributed by atoms with E-state index < -0.39 is 0 Å². The third-order valence-corrected chi connectivity index (χ3v) is 7.22. The van der Waals surface area contributed by atoms with Gasteiger partial charge < -0.3 is 34.3 Å². The number of methoxy groups -OCH3 is 1. The van der Waals surface area contributed by atoms with Gasteiger partial charge in [0, 0.05) is 50.2 Å². The number of hydrogen-bond acceptors (Lipinski definition) is 7. The number of amides is 1. The second-order valence-electron chi connectivity index (χ2n) is 9.48. The van der Waals surface area contributed by atoms with E-state index in [1.807, 2.05) is 24.3 Å². The van der Waals surface area contributed by atoms with Gasteiger partial charge in [0.1, 0.15) is 19.0 Å². The van der Waals surface area contributed by atoms with Crippen molar-refractivity contribution in [2.75, 3.05) is 47.0 Å². The van der Waals surface area contributed by atoms with E-state index in [0.717, 1.165) is 55.9 Å². The molecule has 1 fully saturated rings. The fourth-order valence-corrected chi connectivity index (χ4v) is 5.10. The number of likely N-dealkylation sites (tertiary alicyclic amines) is 1. The Morgan fingerprint density at radius 1 is 1.03 bits per heavy atom. The highest BCUT2D eigenvalue weighted by atomic mass is 16.6. The van der Waals surface area contributed by atoms with Crippen LogP contribution >= 0.6 is 0 Å². The van der Waals surface area contributed by atoms with Crippen LogP contribution in [-0.4, -0.2) is 68.4 Å². The first-order valence-electron chi connectivity index (χ1n) is 12.8. The second-order valence-corrected chi connectivity index (χ2v) is 9.48. The number of ether oxygens (including phenoxy) is 3. The predicted molar refractivity (Wildman–Crippen MR) is 142 cm³/mol. The number of pyridine rings is 1. The Bertz CT molecular complexity index is 1330. The maximum atomic E-state index is 13.0. The predicted octanol–water partition coefficient (Wildman–Crippen LogP) is 2.40. The van der Waals surface area contributed by atoms with Crippen molar-refractivity contribution >= 4 is 16.8 Å². The van der Waals surface area contributed by atoms with Gasteiger partial charge in [0.05, 0.1) is 18.2 Å². The molecule has 3 aromatic rings. The summed E-state index contributed by atoms with van der Waals surface area (Å²) < 4.78 is 18.4. The van der Waals surface area contributed by atoms with Gasteiger partial charge in [0.15, 0.2) is 11.5 Å². The SMILES string of the molecule is CNC(=O)c1cc(=O)n(CCN2CCC(NCc3ccc4c(c3)OCCO4)CC2)c2cc(OC)ccc12. The molecule has 0 saturated carbocycles. The molecule has 2 aliphatic rings. The molecule has 0 aliphatic carbocycles. The van der Waals surface area contributed by atoms with E-state index in [-0.39, 0.29) is 11.5 Å². The normalized spacial score (nSPS) is 16.1. The minimum atomic E-state index is -0.273. The van der Waals surface area contributed by atoms with Crippen molar-refractivity contribution in [3.05, 3.63) is 63.9 Å². The summed E-state index contributed by atoms with van der Waals surface area (Å²) in [6.45, 7) is 5.23. The first-order chi connectivity index (χ1) is 18.1. The standard InChI is InChI=1S/C28H34N4O5/c1-29-28(34)23-17-27(33)32(24-16-21(35-2)4-5-22(23)24)12-11-31-9-7-20(8-10-31)30-18-19-3-6-25-26(15-19)37-14-13-36-25/h3-6,15-17,20,30H,7-14,18H2,1-2H3,(H,29,34). The Kier molecular flexibility index (Phi) is 7.62. The highest BCUT2D eigenvalue weighted by Gasteiger charge is 2.20. The van der Waals surface area contributed by atoms with Crippen molar-refractivity contribution in [2.24, 2.45) is 0 Å². The number of carbonyl (C=O) groups is 1. The lowest BCUT2D eigenvalue weighted by Crippen LogP contribution is -2.43. The average Bonchev–Trinajstić information content (AvgIpc) is 2.95. The molecule has 5 rings (SSSR count). The maximum Gasteiger partial charge on any atom is 0.251 e. The van der Waals surface area contributed by atoms with Crippen LogP contribution in [0.5, 0.6) is 17.2 Å². The molecule has 2 N–H and O–H groups in total. The average molecular weight is 507 g/mol. The lowest BCUT2D eigenvalue weighted by atomic mass is 10.0. The summed E-state index contributed by atoms with van der Waals surface area (Å²) in [6, 6.07) is 13.5. The molecule has 0 bridgehead atoms. The van der Waals surface area contributed by atoms with Crippen LogP contribution in [0.25, 0.3) is 10.9 Å². The fourth-order valence-electron chi connectivity index (χ4n) is 5.10. The summed E-state index contributed by atoms with van der Waals surface area (Å²) in [7, 11) is 3.16. The zero-order chi connectivity index (χ0) is 25.8. The molecule has 2 aromatic carbocycles. The second kappa shape index (κ2) is 11.2. The van der Waals surface area contributed by atoms with E-state index >= 15 is 0 Å². The molecule has 1 aromatic heterocycles. The number of aromatic nitrogens is 1.